The van der Waals surface area contributed by atoms with Crippen molar-refractivity contribution in [3.05, 3.63) is 29.8 Å². The Hall–Kier alpha value is -1.55. The first kappa shape index (κ1) is 13.5. The normalized spacial score (nSPS) is 10.7. The summed E-state index contributed by atoms with van der Waals surface area (Å²) in [6, 6.07) is 7.79. The SMILES string of the molecule is CC(C)c1ccccc1OCC(=O)NN(C)C. The van der Waals surface area contributed by atoms with Crippen LogP contribution in [0, 0.1) is 0 Å². The van der Waals surface area contributed by atoms with Gasteiger partial charge in [0.25, 0.3) is 5.91 Å². The van der Waals surface area contributed by atoms with Crippen LogP contribution in [0.25, 0.3) is 0 Å². The first-order valence-corrected chi connectivity index (χ1v) is 5.69. The van der Waals surface area contributed by atoms with Crippen molar-refractivity contribution in [2.45, 2.75) is 19.8 Å². The Balaban J connectivity index is 2.60. The minimum absolute atomic E-state index is 0.0297. The van der Waals surface area contributed by atoms with Gasteiger partial charge in [0.15, 0.2) is 6.61 Å². The lowest BCUT2D eigenvalue weighted by atomic mass is 10.0. The van der Waals surface area contributed by atoms with E-state index in [0.29, 0.717) is 5.92 Å². The number of nitrogens with zero attached hydrogens (tertiary/aromatic N) is 1. The molecule has 4 nitrogen and oxygen atoms in total. The van der Waals surface area contributed by atoms with E-state index in [4.69, 9.17) is 4.74 Å². The van der Waals surface area contributed by atoms with E-state index in [0.717, 1.165) is 11.3 Å². The highest BCUT2D eigenvalue weighted by Crippen LogP contribution is 2.25. The monoisotopic (exact) mass is 236 g/mol. The summed E-state index contributed by atoms with van der Waals surface area (Å²) in [6.07, 6.45) is 0. The summed E-state index contributed by atoms with van der Waals surface area (Å²) >= 11 is 0. The van der Waals surface area contributed by atoms with Crippen LogP contribution in [0.2, 0.25) is 0 Å². The van der Waals surface area contributed by atoms with Crippen LogP contribution in [0.1, 0.15) is 25.3 Å². The molecule has 0 saturated carbocycles. The Morgan fingerprint density at radius 2 is 2.00 bits per heavy atom. The largest absolute Gasteiger partial charge is 0.483 e. The zero-order valence-electron chi connectivity index (χ0n) is 10.9. The molecule has 0 aliphatic carbocycles. The molecule has 0 radical (unpaired) electrons. The lowest BCUT2D eigenvalue weighted by Gasteiger charge is -2.15. The maximum atomic E-state index is 11.4. The predicted octanol–water partition coefficient (Wildman–Crippen LogP) is 1.78. The van der Waals surface area contributed by atoms with E-state index in [9.17, 15) is 4.79 Å². The number of nitrogens with one attached hydrogen (secondary N) is 1. The molecule has 1 aromatic rings. The van der Waals surface area contributed by atoms with Crippen LogP contribution in [0.4, 0.5) is 0 Å². The second kappa shape index (κ2) is 6.25. The van der Waals surface area contributed by atoms with Gasteiger partial charge in [-0.2, -0.15) is 0 Å². The molecule has 1 aromatic carbocycles. The number of rotatable bonds is 5. The Morgan fingerprint density at radius 1 is 1.35 bits per heavy atom. The topological polar surface area (TPSA) is 41.6 Å². The van der Waals surface area contributed by atoms with Crippen molar-refractivity contribution in [1.82, 2.24) is 10.4 Å². The molecule has 0 aliphatic heterocycles. The molecule has 0 saturated heterocycles. The zero-order chi connectivity index (χ0) is 12.8. The van der Waals surface area contributed by atoms with E-state index < -0.39 is 0 Å². The highest BCUT2D eigenvalue weighted by atomic mass is 16.5. The summed E-state index contributed by atoms with van der Waals surface area (Å²) < 4.78 is 5.52. The van der Waals surface area contributed by atoms with Gasteiger partial charge in [-0.3, -0.25) is 10.2 Å². The van der Waals surface area contributed by atoms with Crippen molar-refractivity contribution < 1.29 is 9.53 Å². The molecule has 94 valence electrons. The third-order valence-corrected chi connectivity index (χ3v) is 2.25. The predicted molar refractivity (Wildman–Crippen MR) is 67.9 cm³/mol. The molecule has 17 heavy (non-hydrogen) atoms. The molecule has 0 aliphatic rings. The van der Waals surface area contributed by atoms with Gasteiger partial charge in [0.1, 0.15) is 5.75 Å². The molecule has 0 fully saturated rings. The summed E-state index contributed by atoms with van der Waals surface area (Å²) in [5, 5.41) is 1.60. The molecule has 1 N–H and O–H groups in total. The molecule has 0 heterocycles. The standard InChI is InChI=1S/C13H20N2O2/c1-10(2)11-7-5-6-8-12(11)17-9-13(16)14-15(3)4/h5-8,10H,9H2,1-4H3,(H,14,16). The van der Waals surface area contributed by atoms with E-state index in [1.54, 1.807) is 19.1 Å². The van der Waals surface area contributed by atoms with E-state index >= 15 is 0 Å². The molecular weight excluding hydrogens is 216 g/mol. The van der Waals surface area contributed by atoms with Crippen molar-refractivity contribution in [1.29, 1.82) is 0 Å². The number of ether oxygens (including phenoxy) is 1. The lowest BCUT2D eigenvalue weighted by Crippen LogP contribution is -2.39. The van der Waals surface area contributed by atoms with E-state index in [2.05, 4.69) is 19.3 Å². The van der Waals surface area contributed by atoms with Crippen LogP contribution in [0.5, 0.6) is 5.75 Å². The zero-order valence-corrected chi connectivity index (χ0v) is 10.9. The van der Waals surface area contributed by atoms with Crippen LogP contribution in [-0.2, 0) is 4.79 Å². The van der Waals surface area contributed by atoms with Crippen LogP contribution in [0.15, 0.2) is 24.3 Å². The molecule has 0 unspecified atom stereocenters. The highest BCUT2D eigenvalue weighted by molar-refractivity contribution is 5.77. The smallest absolute Gasteiger partial charge is 0.272 e. The van der Waals surface area contributed by atoms with Gasteiger partial charge in [-0.1, -0.05) is 32.0 Å². The number of hydrogen-bond acceptors (Lipinski definition) is 3. The van der Waals surface area contributed by atoms with Gasteiger partial charge >= 0.3 is 0 Å². The Bertz CT molecular complexity index is 375. The molecule has 0 bridgehead atoms. The van der Waals surface area contributed by atoms with E-state index in [-0.39, 0.29) is 12.5 Å². The van der Waals surface area contributed by atoms with Gasteiger partial charge in [-0.05, 0) is 17.5 Å². The second-order valence-electron chi connectivity index (χ2n) is 4.41. The summed E-state index contributed by atoms with van der Waals surface area (Å²) in [6.45, 7) is 4.23. The van der Waals surface area contributed by atoms with Crippen molar-refractivity contribution >= 4 is 5.91 Å². The maximum Gasteiger partial charge on any atom is 0.272 e. The number of hydrazine groups is 1. The first-order valence-electron chi connectivity index (χ1n) is 5.69. The van der Waals surface area contributed by atoms with Crippen molar-refractivity contribution in [3.8, 4) is 5.75 Å². The quantitative estimate of drug-likeness (QED) is 0.792. The Labute approximate surface area is 103 Å². The fraction of sp³-hybridized carbons (Fsp3) is 0.462. The van der Waals surface area contributed by atoms with Crippen LogP contribution < -0.4 is 10.2 Å². The van der Waals surface area contributed by atoms with Gasteiger partial charge < -0.3 is 4.74 Å². The second-order valence-corrected chi connectivity index (χ2v) is 4.41. The summed E-state index contributed by atoms with van der Waals surface area (Å²) in [5.74, 6) is 0.994. The third-order valence-electron chi connectivity index (χ3n) is 2.25. The van der Waals surface area contributed by atoms with Gasteiger partial charge in [0.05, 0.1) is 0 Å². The van der Waals surface area contributed by atoms with Crippen LogP contribution >= 0.6 is 0 Å². The van der Waals surface area contributed by atoms with Crippen molar-refractivity contribution in [2.24, 2.45) is 0 Å². The number of carbonyl (C=O) groups excluding carboxylic acids is 1. The molecule has 1 rings (SSSR count). The van der Waals surface area contributed by atoms with Gasteiger partial charge in [-0.15, -0.1) is 0 Å². The molecule has 0 atom stereocenters. The summed E-state index contributed by atoms with van der Waals surface area (Å²) in [7, 11) is 3.53. The van der Waals surface area contributed by atoms with Gasteiger partial charge in [0, 0.05) is 14.1 Å². The molecule has 4 heteroatoms. The van der Waals surface area contributed by atoms with Crippen molar-refractivity contribution in [3.63, 3.8) is 0 Å². The molecule has 1 amide bonds. The summed E-state index contributed by atoms with van der Waals surface area (Å²) in [5.41, 5.74) is 3.75. The van der Waals surface area contributed by atoms with Crippen molar-refractivity contribution in [2.75, 3.05) is 20.7 Å². The number of benzene rings is 1. The number of amides is 1. The number of hydrogen-bond donors (Lipinski definition) is 1. The summed E-state index contributed by atoms with van der Waals surface area (Å²) in [4.78, 5) is 11.4. The van der Waals surface area contributed by atoms with E-state index in [1.165, 1.54) is 0 Å². The highest BCUT2D eigenvalue weighted by Gasteiger charge is 2.09. The van der Waals surface area contributed by atoms with E-state index in [1.807, 2.05) is 24.3 Å². The molecule has 0 spiro atoms. The minimum Gasteiger partial charge on any atom is -0.483 e. The minimum atomic E-state index is -0.159. The third kappa shape index (κ3) is 4.44. The molecule has 0 aromatic heterocycles. The Kier molecular flexibility index (Phi) is 4.97. The Morgan fingerprint density at radius 3 is 2.59 bits per heavy atom. The van der Waals surface area contributed by atoms with Gasteiger partial charge in [0.2, 0.25) is 0 Å². The number of carbonyl (C=O) groups is 1. The molecular formula is C13H20N2O2. The average Bonchev–Trinajstić information content (AvgIpc) is 2.25. The average molecular weight is 236 g/mol. The fourth-order valence-corrected chi connectivity index (χ4v) is 1.51. The van der Waals surface area contributed by atoms with Crippen LogP contribution in [-0.4, -0.2) is 31.6 Å². The first-order chi connectivity index (χ1) is 8.00. The lowest BCUT2D eigenvalue weighted by molar-refractivity contribution is -0.126. The van der Waals surface area contributed by atoms with Crippen LogP contribution in [0.3, 0.4) is 0 Å². The number of para-hydroxylation sites is 1. The fourth-order valence-electron chi connectivity index (χ4n) is 1.51. The van der Waals surface area contributed by atoms with Gasteiger partial charge in [-0.25, -0.2) is 5.01 Å². The maximum absolute atomic E-state index is 11.4.